The Bertz CT molecular complexity index is 574. The van der Waals surface area contributed by atoms with Crippen molar-refractivity contribution in [3.05, 3.63) is 30.3 Å². The van der Waals surface area contributed by atoms with Crippen LogP contribution < -0.4 is 10.6 Å². The van der Waals surface area contributed by atoms with Crippen molar-refractivity contribution in [1.29, 1.82) is 0 Å². The van der Waals surface area contributed by atoms with Crippen molar-refractivity contribution < 1.29 is 4.74 Å². The van der Waals surface area contributed by atoms with E-state index in [0.29, 0.717) is 10.2 Å². The highest BCUT2D eigenvalue weighted by Crippen LogP contribution is 2.51. The number of hydrogen-bond donors (Lipinski definition) is 2. The van der Waals surface area contributed by atoms with E-state index in [0.717, 1.165) is 32.1 Å². The molecule has 2 fully saturated rings. The molecule has 6 heteroatoms. The SMILES string of the molecule is CN=C(NCC1(CCOC)CCC1)NCC1(Sc2ccccc2)CC1.I. The predicted molar refractivity (Wildman–Crippen MR) is 122 cm³/mol. The molecular weight excluding hydrogens is 457 g/mol. The zero-order valence-electron chi connectivity index (χ0n) is 15.9. The normalized spacial score (nSPS) is 19.8. The van der Waals surface area contributed by atoms with Gasteiger partial charge in [0.25, 0.3) is 0 Å². The van der Waals surface area contributed by atoms with E-state index in [1.165, 1.54) is 37.0 Å². The summed E-state index contributed by atoms with van der Waals surface area (Å²) in [6.07, 6.45) is 7.63. The smallest absolute Gasteiger partial charge is 0.191 e. The topological polar surface area (TPSA) is 45.7 Å². The summed E-state index contributed by atoms with van der Waals surface area (Å²) >= 11 is 2.00. The number of hydrogen-bond acceptors (Lipinski definition) is 3. The molecule has 1 aromatic rings. The third kappa shape index (κ3) is 6.02. The molecule has 0 aromatic heterocycles. The number of guanidine groups is 1. The molecule has 0 bridgehead atoms. The van der Waals surface area contributed by atoms with E-state index in [4.69, 9.17) is 4.74 Å². The predicted octanol–water partition coefficient (Wildman–Crippen LogP) is 4.30. The lowest BCUT2D eigenvalue weighted by Crippen LogP contribution is -2.48. The maximum atomic E-state index is 5.29. The number of aliphatic imine (C=N–C) groups is 1. The molecule has 0 heterocycles. The van der Waals surface area contributed by atoms with Crippen LogP contribution in [0.25, 0.3) is 0 Å². The van der Waals surface area contributed by atoms with Crippen LogP contribution in [-0.2, 0) is 4.74 Å². The molecule has 0 saturated heterocycles. The summed E-state index contributed by atoms with van der Waals surface area (Å²) < 4.78 is 5.62. The molecule has 146 valence electrons. The van der Waals surface area contributed by atoms with Gasteiger partial charge in [-0.05, 0) is 49.7 Å². The monoisotopic (exact) mass is 489 g/mol. The number of methoxy groups -OCH3 is 1. The molecule has 0 atom stereocenters. The largest absolute Gasteiger partial charge is 0.385 e. The first kappa shape index (κ1) is 21.8. The molecule has 2 aliphatic rings. The van der Waals surface area contributed by atoms with Crippen LogP contribution in [0.4, 0.5) is 0 Å². The highest BCUT2D eigenvalue weighted by atomic mass is 127. The van der Waals surface area contributed by atoms with E-state index < -0.39 is 0 Å². The summed E-state index contributed by atoms with van der Waals surface area (Å²) in [5, 5.41) is 7.12. The zero-order valence-corrected chi connectivity index (χ0v) is 19.1. The minimum atomic E-state index is 0. The minimum Gasteiger partial charge on any atom is -0.385 e. The Hall–Kier alpha value is -0.470. The Kier molecular flexibility index (Phi) is 8.54. The van der Waals surface area contributed by atoms with Gasteiger partial charge in [0.05, 0.1) is 0 Å². The van der Waals surface area contributed by atoms with Crippen molar-refractivity contribution >= 4 is 41.7 Å². The maximum absolute atomic E-state index is 5.29. The van der Waals surface area contributed by atoms with Gasteiger partial charge in [-0.2, -0.15) is 0 Å². The molecule has 2 saturated carbocycles. The Morgan fingerprint density at radius 3 is 2.35 bits per heavy atom. The molecular formula is C20H32IN3OS. The Morgan fingerprint density at radius 1 is 1.12 bits per heavy atom. The fourth-order valence-electron chi connectivity index (χ4n) is 3.44. The van der Waals surface area contributed by atoms with E-state index in [2.05, 4.69) is 46.0 Å². The number of benzene rings is 1. The van der Waals surface area contributed by atoms with Crippen LogP contribution in [-0.4, -0.2) is 44.6 Å². The van der Waals surface area contributed by atoms with E-state index in [1.807, 2.05) is 18.8 Å². The van der Waals surface area contributed by atoms with E-state index >= 15 is 0 Å². The zero-order chi connectivity index (χ0) is 17.6. The first-order chi connectivity index (χ1) is 12.2. The van der Waals surface area contributed by atoms with Crippen LogP contribution in [0.1, 0.15) is 38.5 Å². The van der Waals surface area contributed by atoms with Gasteiger partial charge in [0.2, 0.25) is 0 Å². The van der Waals surface area contributed by atoms with Gasteiger partial charge in [0.15, 0.2) is 5.96 Å². The number of ether oxygens (including phenoxy) is 1. The Morgan fingerprint density at radius 2 is 1.81 bits per heavy atom. The third-order valence-electron chi connectivity index (χ3n) is 5.57. The first-order valence-electron chi connectivity index (χ1n) is 9.37. The third-order valence-corrected chi connectivity index (χ3v) is 7.06. The van der Waals surface area contributed by atoms with Gasteiger partial charge in [0, 0.05) is 43.5 Å². The van der Waals surface area contributed by atoms with E-state index in [1.54, 1.807) is 7.11 Å². The fraction of sp³-hybridized carbons (Fsp3) is 0.650. The molecule has 1 aromatic carbocycles. The van der Waals surface area contributed by atoms with Gasteiger partial charge in [0.1, 0.15) is 0 Å². The van der Waals surface area contributed by atoms with Crippen LogP contribution in [0.3, 0.4) is 0 Å². The van der Waals surface area contributed by atoms with Gasteiger partial charge in [-0.25, -0.2) is 0 Å². The van der Waals surface area contributed by atoms with Crippen molar-refractivity contribution in [1.82, 2.24) is 10.6 Å². The van der Waals surface area contributed by atoms with Gasteiger partial charge in [-0.15, -0.1) is 35.7 Å². The molecule has 4 nitrogen and oxygen atoms in total. The molecule has 0 unspecified atom stereocenters. The second-order valence-electron chi connectivity index (χ2n) is 7.47. The Labute approximate surface area is 179 Å². The van der Waals surface area contributed by atoms with Gasteiger partial charge < -0.3 is 15.4 Å². The molecule has 0 amide bonds. The number of nitrogens with zero attached hydrogens (tertiary/aromatic N) is 1. The molecule has 0 aliphatic heterocycles. The van der Waals surface area contributed by atoms with Crippen molar-refractivity contribution in [3.63, 3.8) is 0 Å². The molecule has 2 N–H and O–H groups in total. The number of rotatable bonds is 9. The average Bonchev–Trinajstić information content (AvgIpc) is 3.36. The van der Waals surface area contributed by atoms with E-state index in [-0.39, 0.29) is 24.0 Å². The molecule has 2 aliphatic carbocycles. The summed E-state index contributed by atoms with van der Waals surface area (Å²) in [6.45, 7) is 2.82. The molecule has 26 heavy (non-hydrogen) atoms. The van der Waals surface area contributed by atoms with Crippen LogP contribution >= 0.6 is 35.7 Å². The van der Waals surface area contributed by atoms with Crippen molar-refractivity contribution in [2.45, 2.75) is 48.2 Å². The summed E-state index contributed by atoms with van der Waals surface area (Å²) in [7, 11) is 3.65. The quantitative estimate of drug-likeness (QED) is 0.309. The standard InChI is InChI=1S/C20H31N3OS.HI/c1-21-18(22-15-19(9-6-10-19)13-14-24-2)23-16-20(11-12-20)25-17-7-4-3-5-8-17;/h3-5,7-8H,6,9-16H2,1-2H3,(H2,21,22,23);1H. The average molecular weight is 489 g/mol. The summed E-state index contributed by atoms with van der Waals surface area (Å²) in [5.74, 6) is 0.934. The summed E-state index contributed by atoms with van der Waals surface area (Å²) in [5.41, 5.74) is 0.406. The van der Waals surface area contributed by atoms with Crippen LogP contribution in [0.15, 0.2) is 40.2 Å². The second-order valence-corrected chi connectivity index (χ2v) is 9.02. The second kappa shape index (κ2) is 10.2. The molecule has 0 spiro atoms. The van der Waals surface area contributed by atoms with Crippen molar-refractivity contribution in [3.8, 4) is 0 Å². The fourth-order valence-corrected chi connectivity index (χ4v) is 4.68. The van der Waals surface area contributed by atoms with E-state index in [9.17, 15) is 0 Å². The summed E-state index contributed by atoms with van der Waals surface area (Å²) in [4.78, 5) is 5.78. The Balaban J connectivity index is 0.00000243. The van der Waals surface area contributed by atoms with Gasteiger partial charge >= 0.3 is 0 Å². The highest BCUT2D eigenvalue weighted by molar-refractivity contribution is 14.0. The first-order valence-corrected chi connectivity index (χ1v) is 10.2. The van der Waals surface area contributed by atoms with Crippen molar-refractivity contribution in [2.24, 2.45) is 10.4 Å². The van der Waals surface area contributed by atoms with Crippen LogP contribution in [0.5, 0.6) is 0 Å². The van der Waals surface area contributed by atoms with Crippen LogP contribution in [0, 0.1) is 5.41 Å². The van der Waals surface area contributed by atoms with Gasteiger partial charge in [-0.3, -0.25) is 4.99 Å². The number of nitrogens with one attached hydrogen (secondary N) is 2. The number of halogens is 1. The number of thioether (sulfide) groups is 1. The lowest BCUT2D eigenvalue weighted by Gasteiger charge is -2.42. The lowest BCUT2D eigenvalue weighted by molar-refractivity contribution is 0.0732. The van der Waals surface area contributed by atoms with Crippen molar-refractivity contribution in [2.75, 3.05) is 33.9 Å². The molecule has 3 rings (SSSR count). The lowest BCUT2D eigenvalue weighted by atomic mass is 9.67. The highest BCUT2D eigenvalue weighted by Gasteiger charge is 2.44. The molecule has 0 radical (unpaired) electrons. The maximum Gasteiger partial charge on any atom is 0.191 e. The summed E-state index contributed by atoms with van der Waals surface area (Å²) in [6, 6.07) is 10.7. The van der Waals surface area contributed by atoms with Gasteiger partial charge in [-0.1, -0.05) is 24.6 Å². The minimum absolute atomic E-state index is 0. The van der Waals surface area contributed by atoms with Crippen LogP contribution in [0.2, 0.25) is 0 Å².